The maximum absolute atomic E-state index is 12.5. The van der Waals surface area contributed by atoms with Crippen molar-refractivity contribution in [1.29, 1.82) is 0 Å². The molecule has 1 aromatic rings. The molecule has 2 unspecified atom stereocenters. The van der Waals surface area contributed by atoms with Crippen LogP contribution in [0.25, 0.3) is 0 Å². The molecule has 1 heterocycles. The average Bonchev–Trinajstić information content (AvgIpc) is 2.83. The lowest BCUT2D eigenvalue weighted by Gasteiger charge is -2.25. The molecule has 2 rings (SSSR count). The van der Waals surface area contributed by atoms with Gasteiger partial charge in [-0.1, -0.05) is 6.92 Å². The van der Waals surface area contributed by atoms with Gasteiger partial charge in [-0.3, -0.25) is 4.79 Å². The summed E-state index contributed by atoms with van der Waals surface area (Å²) in [4.78, 5) is 14.3. The molecule has 19 heavy (non-hydrogen) atoms. The second-order valence-corrected chi connectivity index (χ2v) is 5.09. The fraction of sp³-hybridized carbons (Fsp3) is 0.533. The van der Waals surface area contributed by atoms with E-state index in [2.05, 4.69) is 6.92 Å². The Hall–Kier alpha value is -1.55. The molecule has 1 fully saturated rings. The van der Waals surface area contributed by atoms with E-state index in [0.29, 0.717) is 12.2 Å². The van der Waals surface area contributed by atoms with E-state index in [1.54, 1.807) is 0 Å². The fourth-order valence-corrected chi connectivity index (χ4v) is 2.40. The zero-order valence-corrected chi connectivity index (χ0v) is 11.6. The standard InChI is InChI=1S/C15H22N2O2/c1-3-10-17(13-7-5-12(16)6-8-13)15(18)14-9-4-11(2)19-14/h5-8,11,14H,3-4,9-10,16H2,1-2H3. The van der Waals surface area contributed by atoms with Gasteiger partial charge in [-0.15, -0.1) is 0 Å². The summed E-state index contributed by atoms with van der Waals surface area (Å²) in [5.74, 6) is 0.0657. The van der Waals surface area contributed by atoms with Gasteiger partial charge >= 0.3 is 0 Å². The van der Waals surface area contributed by atoms with Crippen molar-refractivity contribution in [2.45, 2.75) is 45.3 Å². The molecule has 1 saturated heterocycles. The van der Waals surface area contributed by atoms with Crippen LogP contribution in [0.4, 0.5) is 11.4 Å². The maximum atomic E-state index is 12.5. The zero-order chi connectivity index (χ0) is 13.8. The van der Waals surface area contributed by atoms with Gasteiger partial charge in [0.15, 0.2) is 0 Å². The van der Waals surface area contributed by atoms with Gasteiger partial charge in [-0.25, -0.2) is 0 Å². The number of hydrogen-bond donors (Lipinski definition) is 1. The van der Waals surface area contributed by atoms with Crippen molar-refractivity contribution in [3.8, 4) is 0 Å². The highest BCUT2D eigenvalue weighted by Gasteiger charge is 2.31. The molecule has 1 aliphatic heterocycles. The molecule has 1 aliphatic rings. The highest BCUT2D eigenvalue weighted by atomic mass is 16.5. The summed E-state index contributed by atoms with van der Waals surface area (Å²) >= 11 is 0. The first-order chi connectivity index (χ1) is 9.11. The van der Waals surface area contributed by atoms with Crippen LogP contribution in [0.1, 0.15) is 33.1 Å². The van der Waals surface area contributed by atoms with E-state index in [-0.39, 0.29) is 18.1 Å². The highest BCUT2D eigenvalue weighted by molar-refractivity contribution is 5.96. The molecule has 0 radical (unpaired) electrons. The first-order valence-electron chi connectivity index (χ1n) is 6.94. The lowest BCUT2D eigenvalue weighted by molar-refractivity contribution is -0.129. The number of carbonyl (C=O) groups excluding carboxylic acids is 1. The second-order valence-electron chi connectivity index (χ2n) is 5.09. The predicted octanol–water partition coefficient (Wildman–Crippen LogP) is 2.58. The number of hydrogen-bond acceptors (Lipinski definition) is 3. The third-order valence-corrected chi connectivity index (χ3v) is 3.43. The molecule has 2 atom stereocenters. The predicted molar refractivity (Wildman–Crippen MR) is 77.1 cm³/mol. The van der Waals surface area contributed by atoms with E-state index < -0.39 is 0 Å². The largest absolute Gasteiger partial charge is 0.399 e. The van der Waals surface area contributed by atoms with Crippen LogP contribution >= 0.6 is 0 Å². The zero-order valence-electron chi connectivity index (χ0n) is 11.6. The molecule has 0 aromatic heterocycles. The number of amides is 1. The Kier molecular flexibility index (Phi) is 4.43. The molecule has 0 aliphatic carbocycles. The van der Waals surface area contributed by atoms with Crippen molar-refractivity contribution < 1.29 is 9.53 Å². The van der Waals surface area contributed by atoms with E-state index in [0.717, 1.165) is 24.9 Å². The van der Waals surface area contributed by atoms with E-state index in [1.807, 2.05) is 36.1 Å². The van der Waals surface area contributed by atoms with Crippen molar-refractivity contribution in [3.63, 3.8) is 0 Å². The third-order valence-electron chi connectivity index (χ3n) is 3.43. The first kappa shape index (κ1) is 13.9. The minimum Gasteiger partial charge on any atom is -0.399 e. The van der Waals surface area contributed by atoms with E-state index in [1.165, 1.54) is 0 Å². The number of carbonyl (C=O) groups is 1. The van der Waals surface area contributed by atoms with Crippen LogP contribution < -0.4 is 10.6 Å². The van der Waals surface area contributed by atoms with Crippen molar-refractivity contribution in [3.05, 3.63) is 24.3 Å². The smallest absolute Gasteiger partial charge is 0.256 e. The molecule has 4 nitrogen and oxygen atoms in total. The van der Waals surface area contributed by atoms with E-state index >= 15 is 0 Å². The summed E-state index contributed by atoms with van der Waals surface area (Å²) < 4.78 is 5.68. The van der Waals surface area contributed by atoms with Gasteiger partial charge in [-0.2, -0.15) is 0 Å². The number of nitrogen functional groups attached to an aromatic ring is 1. The number of rotatable bonds is 4. The van der Waals surface area contributed by atoms with E-state index in [4.69, 9.17) is 10.5 Å². The van der Waals surface area contributed by atoms with Gasteiger partial charge in [0.2, 0.25) is 0 Å². The van der Waals surface area contributed by atoms with Crippen LogP contribution in [0.5, 0.6) is 0 Å². The number of anilines is 2. The SMILES string of the molecule is CCCN(C(=O)C1CCC(C)O1)c1ccc(N)cc1. The molecule has 104 valence electrons. The third kappa shape index (κ3) is 3.26. The second kappa shape index (κ2) is 6.06. The summed E-state index contributed by atoms with van der Waals surface area (Å²) in [7, 11) is 0. The molecule has 0 spiro atoms. The molecule has 1 aromatic carbocycles. The monoisotopic (exact) mass is 262 g/mol. The Labute approximate surface area is 114 Å². The molecule has 2 N–H and O–H groups in total. The molecule has 4 heteroatoms. The van der Waals surface area contributed by atoms with Crippen LogP contribution in [0.2, 0.25) is 0 Å². The lowest BCUT2D eigenvalue weighted by atomic mass is 10.1. The first-order valence-corrected chi connectivity index (χ1v) is 6.94. The van der Waals surface area contributed by atoms with Crippen LogP contribution in [0, 0.1) is 0 Å². The Bertz CT molecular complexity index is 430. The number of benzene rings is 1. The van der Waals surface area contributed by atoms with Gasteiger partial charge in [0.25, 0.3) is 5.91 Å². The summed E-state index contributed by atoms with van der Waals surface area (Å²) in [6.07, 6.45) is 2.58. The highest BCUT2D eigenvalue weighted by Crippen LogP contribution is 2.24. The Morgan fingerprint density at radius 1 is 1.37 bits per heavy atom. The lowest BCUT2D eigenvalue weighted by Crippen LogP contribution is -2.39. The van der Waals surface area contributed by atoms with Gasteiger partial charge in [0.1, 0.15) is 6.10 Å². The number of ether oxygens (including phenoxy) is 1. The van der Waals surface area contributed by atoms with Crippen molar-refractivity contribution in [2.75, 3.05) is 17.2 Å². The van der Waals surface area contributed by atoms with Crippen LogP contribution in [0.15, 0.2) is 24.3 Å². The van der Waals surface area contributed by atoms with Crippen molar-refractivity contribution >= 4 is 17.3 Å². The molecular weight excluding hydrogens is 240 g/mol. The topological polar surface area (TPSA) is 55.6 Å². The minimum absolute atomic E-state index is 0.0657. The van der Waals surface area contributed by atoms with Crippen molar-refractivity contribution in [2.24, 2.45) is 0 Å². The van der Waals surface area contributed by atoms with Crippen molar-refractivity contribution in [1.82, 2.24) is 0 Å². The summed E-state index contributed by atoms with van der Waals surface area (Å²) in [5.41, 5.74) is 7.29. The van der Waals surface area contributed by atoms with Crippen LogP contribution in [-0.4, -0.2) is 24.7 Å². The molecule has 0 saturated carbocycles. The maximum Gasteiger partial charge on any atom is 0.256 e. The Morgan fingerprint density at radius 3 is 2.58 bits per heavy atom. The Morgan fingerprint density at radius 2 is 2.05 bits per heavy atom. The Balaban J connectivity index is 2.15. The number of nitrogens with two attached hydrogens (primary N) is 1. The van der Waals surface area contributed by atoms with Crippen LogP contribution in [-0.2, 0) is 9.53 Å². The van der Waals surface area contributed by atoms with Gasteiger partial charge in [0, 0.05) is 17.9 Å². The van der Waals surface area contributed by atoms with Gasteiger partial charge in [0.05, 0.1) is 6.10 Å². The van der Waals surface area contributed by atoms with Gasteiger partial charge < -0.3 is 15.4 Å². The number of nitrogens with zero attached hydrogens (tertiary/aromatic N) is 1. The van der Waals surface area contributed by atoms with Crippen LogP contribution in [0.3, 0.4) is 0 Å². The quantitative estimate of drug-likeness (QED) is 0.848. The normalized spacial score (nSPS) is 22.4. The fourth-order valence-electron chi connectivity index (χ4n) is 2.40. The molecule has 0 bridgehead atoms. The summed E-state index contributed by atoms with van der Waals surface area (Å²) in [6.45, 7) is 4.79. The molecule has 1 amide bonds. The minimum atomic E-state index is -0.292. The van der Waals surface area contributed by atoms with Gasteiger partial charge in [-0.05, 0) is 50.5 Å². The summed E-state index contributed by atoms with van der Waals surface area (Å²) in [5, 5.41) is 0. The average molecular weight is 262 g/mol. The van der Waals surface area contributed by atoms with E-state index in [9.17, 15) is 4.79 Å². The summed E-state index contributed by atoms with van der Waals surface area (Å²) in [6, 6.07) is 7.43. The molecular formula is C15H22N2O2.